The quantitative estimate of drug-likeness (QED) is 0.0599. The number of carbonyl (C=O) groups excluding carboxylic acids is 3. The molecule has 10 atom stereocenters. The Kier molecular flexibility index (Phi) is 13.6. The van der Waals surface area contributed by atoms with E-state index in [1.807, 2.05) is 21.6 Å². The van der Waals surface area contributed by atoms with E-state index >= 15 is 0 Å². The summed E-state index contributed by atoms with van der Waals surface area (Å²) in [6.45, 7) is 11.3. The Morgan fingerprint density at radius 3 is 2.24 bits per heavy atom. The van der Waals surface area contributed by atoms with Crippen LogP contribution in [-0.4, -0.2) is 156 Å². The van der Waals surface area contributed by atoms with Crippen molar-refractivity contribution in [1.29, 1.82) is 0 Å². The predicted octanol–water partition coefficient (Wildman–Crippen LogP) is 4.18. The molecule has 0 bridgehead atoms. The second-order valence-electron chi connectivity index (χ2n) is 17.1. The van der Waals surface area contributed by atoms with Crippen molar-refractivity contribution < 1.29 is 66.5 Å². The Morgan fingerprint density at radius 1 is 0.879 bits per heavy atom. The Balaban J connectivity index is 0.638. The van der Waals surface area contributed by atoms with E-state index in [1.54, 1.807) is 0 Å². The smallest absolute Gasteiger partial charge is 0.458 e. The first kappa shape index (κ1) is 43.0. The van der Waals surface area contributed by atoms with Crippen LogP contribution in [0.5, 0.6) is 0 Å². The highest BCUT2D eigenvalue weighted by Gasteiger charge is 3.01. The summed E-state index contributed by atoms with van der Waals surface area (Å²) in [5.41, 5.74) is -0.621. The maximum absolute atomic E-state index is 13.2. The molecule has 2 saturated carbocycles. The first-order chi connectivity index (χ1) is 28.2. The molecule has 0 aromatic carbocycles. The van der Waals surface area contributed by atoms with Crippen LogP contribution < -0.4 is 5.32 Å². The molecule has 0 aromatic rings. The summed E-state index contributed by atoms with van der Waals surface area (Å²) in [5, 5.41) is 3.68. The summed E-state index contributed by atoms with van der Waals surface area (Å²) >= 11 is 0. The molecular weight excluding hydrogens is 795 g/mol. The van der Waals surface area contributed by atoms with Crippen LogP contribution in [0.2, 0.25) is 0 Å². The van der Waals surface area contributed by atoms with E-state index in [2.05, 4.69) is 26.1 Å². The molecule has 0 aromatic heterocycles. The van der Waals surface area contributed by atoms with Crippen LogP contribution >= 0.6 is 21.6 Å². The fourth-order valence-electron chi connectivity index (χ4n) is 10.7. The van der Waals surface area contributed by atoms with Crippen molar-refractivity contribution in [2.24, 2.45) is 17.3 Å². The summed E-state index contributed by atoms with van der Waals surface area (Å²) in [4.78, 5) is 37.6. The van der Waals surface area contributed by atoms with Gasteiger partial charge in [-0.15, -0.1) is 0 Å². The number of epoxide rings is 3. The van der Waals surface area contributed by atoms with Gasteiger partial charge in [-0.3, -0.25) is 4.79 Å². The maximum atomic E-state index is 13.2. The number of carbonyl (C=O) groups is 3. The van der Waals surface area contributed by atoms with Crippen LogP contribution in [0.4, 0.5) is 4.79 Å². The molecule has 17 heteroatoms. The van der Waals surface area contributed by atoms with E-state index in [1.165, 1.54) is 18.6 Å². The first-order valence-electron chi connectivity index (χ1n) is 21.4. The number of nitrogens with one attached hydrogen (secondary N) is 1. The summed E-state index contributed by atoms with van der Waals surface area (Å²) in [6.07, 6.45) is 5.26. The molecule has 5 heterocycles. The number of ether oxygens (including phenoxy) is 11. The number of amides is 1. The summed E-state index contributed by atoms with van der Waals surface area (Å²) in [7, 11) is 3.96. The van der Waals surface area contributed by atoms with Crippen LogP contribution in [0.1, 0.15) is 72.1 Å². The van der Waals surface area contributed by atoms with Crippen LogP contribution in [0.25, 0.3) is 0 Å². The van der Waals surface area contributed by atoms with E-state index < -0.39 is 29.1 Å². The minimum absolute atomic E-state index is 0.0286. The molecule has 0 radical (unpaired) electrons. The van der Waals surface area contributed by atoms with Crippen molar-refractivity contribution in [2.75, 3.05) is 91.6 Å². The zero-order valence-corrected chi connectivity index (χ0v) is 35.8. The number of hydrogen-bond donors (Lipinski definition) is 1. The molecule has 1 N–H and O–H groups in total. The lowest BCUT2D eigenvalue weighted by Gasteiger charge is -2.53. The normalized spacial score (nSPS) is 37.2. The second kappa shape index (κ2) is 18.4. The van der Waals surface area contributed by atoms with Gasteiger partial charge >= 0.3 is 12.1 Å². The second-order valence-corrected chi connectivity index (χ2v) is 19.9. The van der Waals surface area contributed by atoms with Crippen LogP contribution in [-0.2, 0) is 61.7 Å². The molecule has 1 amide bonds. The average molecular weight is 856 g/mol. The summed E-state index contributed by atoms with van der Waals surface area (Å²) in [5.74, 6) is 1.30. The minimum Gasteiger partial charge on any atom is -0.458 e. The number of esters is 1. The van der Waals surface area contributed by atoms with E-state index in [4.69, 9.17) is 52.1 Å². The third-order valence-electron chi connectivity index (χ3n) is 13.7. The van der Waals surface area contributed by atoms with Gasteiger partial charge in [-0.1, -0.05) is 48.8 Å². The fourth-order valence-corrected chi connectivity index (χ4v) is 13.7. The van der Waals surface area contributed by atoms with Gasteiger partial charge in [0.05, 0.1) is 72.2 Å². The molecule has 326 valence electrons. The highest BCUT2D eigenvalue weighted by molar-refractivity contribution is 8.77. The maximum Gasteiger partial charge on any atom is 0.508 e. The molecule has 58 heavy (non-hydrogen) atoms. The average Bonchev–Trinajstić information content (AvgIpc) is 4.15. The molecule has 8 rings (SSSR count). The van der Waals surface area contributed by atoms with E-state index in [0.717, 1.165) is 35.7 Å². The van der Waals surface area contributed by atoms with Crippen molar-refractivity contribution in [3.05, 3.63) is 11.1 Å². The van der Waals surface area contributed by atoms with Crippen LogP contribution in [0.15, 0.2) is 11.1 Å². The van der Waals surface area contributed by atoms with Crippen molar-refractivity contribution >= 4 is 39.6 Å². The lowest BCUT2D eigenvalue weighted by atomic mass is 9.46. The third kappa shape index (κ3) is 8.08. The Bertz CT molecular complexity index is 1530. The Hall–Kier alpha value is -1.67. The van der Waals surface area contributed by atoms with Crippen LogP contribution in [0, 0.1) is 17.3 Å². The van der Waals surface area contributed by atoms with E-state index in [-0.39, 0.29) is 60.7 Å². The SMILES string of the molecule is CC(C)[C@]12O[C@H]1[C@@H]1O[C@]13[C@]1(O[C@H]1C[C@H]1C4=C(CC[C@@]13C)C(=O)OC4)[C@@H]2OC(=O)OCCOCCOCCOCCOCCOCCNC(=O)CCCCC1CCSS1. The molecular formula is C41H61NO14S2. The Morgan fingerprint density at radius 2 is 1.57 bits per heavy atom. The van der Waals surface area contributed by atoms with Gasteiger partial charge in [0, 0.05) is 35.0 Å². The zero-order valence-electron chi connectivity index (χ0n) is 34.1. The van der Waals surface area contributed by atoms with Crippen molar-refractivity contribution in [1.82, 2.24) is 5.32 Å². The molecule has 1 unspecified atom stereocenters. The largest absolute Gasteiger partial charge is 0.508 e. The first-order valence-corrected chi connectivity index (χ1v) is 23.8. The van der Waals surface area contributed by atoms with Gasteiger partial charge in [-0.25, -0.2) is 9.59 Å². The number of cyclic esters (lactones) is 1. The van der Waals surface area contributed by atoms with E-state index in [9.17, 15) is 14.4 Å². The van der Waals surface area contributed by atoms with Gasteiger partial charge < -0.3 is 57.4 Å². The van der Waals surface area contributed by atoms with Crippen molar-refractivity contribution in [3.8, 4) is 0 Å². The van der Waals surface area contributed by atoms with Gasteiger partial charge in [0.15, 0.2) is 11.7 Å². The fraction of sp³-hybridized carbons (Fsp3) is 0.878. The molecule has 5 aliphatic heterocycles. The monoisotopic (exact) mass is 855 g/mol. The lowest BCUT2D eigenvalue weighted by molar-refractivity contribution is -0.136. The Labute approximate surface area is 349 Å². The number of hydrogen-bond acceptors (Lipinski definition) is 16. The number of rotatable bonds is 25. The predicted molar refractivity (Wildman–Crippen MR) is 211 cm³/mol. The van der Waals surface area contributed by atoms with E-state index in [0.29, 0.717) is 91.9 Å². The van der Waals surface area contributed by atoms with Gasteiger partial charge in [-0.2, -0.15) is 0 Å². The third-order valence-corrected chi connectivity index (χ3v) is 16.7. The zero-order chi connectivity index (χ0) is 40.4. The minimum atomic E-state index is -0.825. The van der Waals surface area contributed by atoms with Gasteiger partial charge in [0.1, 0.15) is 36.6 Å². The van der Waals surface area contributed by atoms with Gasteiger partial charge in [0.2, 0.25) is 5.91 Å². The summed E-state index contributed by atoms with van der Waals surface area (Å²) < 4.78 is 64.8. The summed E-state index contributed by atoms with van der Waals surface area (Å²) in [6, 6.07) is 0. The standard InChI is InChI=1S/C41H61NO14S2/c1-26(2)39-33(55-39)34-41(56-34)38(3)10-8-28-29(25-52-35(28)44)30(38)24-31-40(41,54-31)36(39)53-37(45)51-22-21-50-20-19-49-18-17-48-16-15-47-14-13-46-12-11-42-32(43)7-5-4-6-27-9-23-57-58-27/h26-27,30-31,33-34,36H,4-25H2,1-3H3,(H,42,43)/t27?,30-,31-,33-,34-,36+,38-,39-,40+,41+/m0/s1. The highest BCUT2D eigenvalue weighted by Crippen LogP contribution is 2.83. The van der Waals surface area contributed by atoms with Crippen molar-refractivity contribution in [2.45, 2.75) is 119 Å². The van der Waals surface area contributed by atoms with Crippen molar-refractivity contribution in [3.63, 3.8) is 0 Å². The number of unbranched alkanes of at least 4 members (excludes halogenated alkanes) is 1. The molecule has 8 aliphatic rings. The topological polar surface area (TPSA) is 175 Å². The molecule has 3 aliphatic carbocycles. The molecule has 15 nitrogen and oxygen atoms in total. The number of fused-ring (bicyclic) bond motifs is 4. The molecule has 4 saturated heterocycles. The molecule has 2 spiro atoms. The molecule has 6 fully saturated rings. The van der Waals surface area contributed by atoms with Gasteiger partial charge in [-0.05, 0) is 55.9 Å². The van der Waals surface area contributed by atoms with Crippen LogP contribution in [0.3, 0.4) is 0 Å². The van der Waals surface area contributed by atoms with Gasteiger partial charge in [0.25, 0.3) is 0 Å². The lowest BCUT2D eigenvalue weighted by Crippen LogP contribution is -2.70. The highest BCUT2D eigenvalue weighted by atomic mass is 33.1.